The minimum atomic E-state index is -2.83. The van der Waals surface area contributed by atoms with Crippen LogP contribution in [-0.2, 0) is 10.2 Å². The Bertz CT molecular complexity index is 998. The zero-order valence-electron chi connectivity index (χ0n) is 14.4. The average molecular weight is 371 g/mol. The topological polar surface area (TPSA) is 46.1 Å². The van der Waals surface area contributed by atoms with Gasteiger partial charge in [0.1, 0.15) is 11.2 Å². The molecule has 3 aliphatic rings. The molecule has 2 bridgehead atoms. The van der Waals surface area contributed by atoms with Crippen molar-refractivity contribution in [3.63, 3.8) is 0 Å². The molecule has 4 nitrogen and oxygen atoms in total. The fourth-order valence-electron chi connectivity index (χ4n) is 4.68. The van der Waals surface area contributed by atoms with Gasteiger partial charge in [-0.25, -0.2) is 13.2 Å². The molecule has 0 unspecified atom stereocenters. The van der Waals surface area contributed by atoms with Crippen LogP contribution >= 0.6 is 0 Å². The molecule has 5 rings (SSSR count). The molecule has 0 N–H and O–H groups in total. The lowest BCUT2D eigenvalue weighted by atomic mass is 9.79. The van der Waals surface area contributed by atoms with Crippen LogP contribution in [0.4, 0.5) is 13.2 Å². The Morgan fingerprint density at radius 3 is 2.67 bits per heavy atom. The lowest BCUT2D eigenvalue weighted by molar-refractivity contribution is -0.170. The fraction of sp³-hybridized carbons (Fsp3) is 0.350. The third kappa shape index (κ3) is 2.08. The third-order valence-electron chi connectivity index (χ3n) is 6.03. The normalized spacial score (nSPS) is 27.4. The van der Waals surface area contributed by atoms with Gasteiger partial charge in [0, 0.05) is 11.5 Å². The van der Waals surface area contributed by atoms with Crippen molar-refractivity contribution in [3.8, 4) is 11.3 Å². The number of benzene rings is 1. The molecular formula is C20H16F3N3O. The number of nitrogens with zero attached hydrogens (tertiary/aromatic N) is 3. The van der Waals surface area contributed by atoms with E-state index in [9.17, 15) is 18.0 Å². The number of likely N-dealkylation sites (tertiary alicyclic amines) is 1. The molecule has 1 saturated carbocycles. The van der Waals surface area contributed by atoms with E-state index in [1.807, 2.05) is 0 Å². The molecule has 1 saturated heterocycles. The largest absolute Gasteiger partial charge is 0.329 e. The number of fused-ring (bicyclic) bond motifs is 5. The van der Waals surface area contributed by atoms with Gasteiger partial charge >= 0.3 is 0 Å². The molecule has 27 heavy (non-hydrogen) atoms. The summed E-state index contributed by atoms with van der Waals surface area (Å²) in [5.74, 6) is -3.67. The predicted molar refractivity (Wildman–Crippen MR) is 91.7 cm³/mol. The highest BCUT2D eigenvalue weighted by molar-refractivity contribution is 5.95. The van der Waals surface area contributed by atoms with E-state index in [0.29, 0.717) is 35.4 Å². The van der Waals surface area contributed by atoms with Crippen molar-refractivity contribution in [2.45, 2.75) is 30.1 Å². The first-order valence-electron chi connectivity index (χ1n) is 8.83. The van der Waals surface area contributed by atoms with Crippen LogP contribution in [0.25, 0.3) is 11.3 Å². The average Bonchev–Trinajstić information content (AvgIpc) is 3.08. The van der Waals surface area contributed by atoms with Crippen molar-refractivity contribution in [2.75, 3.05) is 13.1 Å². The fourth-order valence-corrected chi connectivity index (χ4v) is 4.68. The predicted octanol–water partition coefficient (Wildman–Crippen LogP) is 3.45. The zero-order chi connectivity index (χ0) is 19.0. The number of halogens is 3. The van der Waals surface area contributed by atoms with Gasteiger partial charge in [0.25, 0.3) is 5.92 Å². The molecule has 1 aliphatic heterocycles. The highest BCUT2D eigenvalue weighted by Gasteiger charge is 2.62. The first-order chi connectivity index (χ1) is 12.8. The second-order valence-corrected chi connectivity index (χ2v) is 7.55. The highest BCUT2D eigenvalue weighted by Crippen LogP contribution is 2.60. The van der Waals surface area contributed by atoms with Crippen LogP contribution in [0.15, 0.2) is 42.5 Å². The van der Waals surface area contributed by atoms with Crippen LogP contribution < -0.4 is 0 Å². The van der Waals surface area contributed by atoms with E-state index in [-0.39, 0.29) is 11.8 Å². The molecule has 2 fully saturated rings. The molecule has 1 aromatic carbocycles. The van der Waals surface area contributed by atoms with Crippen LogP contribution in [0, 0.1) is 5.82 Å². The standard InChI is InChI=1S/C20H16F3N3O/c1-11-12-6-7-20(11,18(27)26-9-19(22,23)10-26)17-14(12)8-16(24-25-17)13-4-2-3-5-15(13)21/h2-5,8,12H,1,6-7,9-10H2/t12-,20-/m0/s1. The maximum Gasteiger partial charge on any atom is 0.282 e. The van der Waals surface area contributed by atoms with E-state index in [1.165, 1.54) is 11.0 Å². The monoisotopic (exact) mass is 371 g/mol. The maximum absolute atomic E-state index is 14.1. The number of amides is 1. The van der Waals surface area contributed by atoms with E-state index in [4.69, 9.17) is 0 Å². The number of carbonyl (C=O) groups is 1. The van der Waals surface area contributed by atoms with Gasteiger partial charge in [0.05, 0.1) is 24.5 Å². The van der Waals surface area contributed by atoms with Crippen LogP contribution in [0.5, 0.6) is 0 Å². The van der Waals surface area contributed by atoms with Gasteiger partial charge in [-0.15, -0.1) is 0 Å². The van der Waals surface area contributed by atoms with Crippen molar-refractivity contribution in [1.82, 2.24) is 15.1 Å². The molecule has 0 spiro atoms. The minimum absolute atomic E-state index is 0.0771. The Labute approximate surface area is 153 Å². The van der Waals surface area contributed by atoms with E-state index in [2.05, 4.69) is 16.8 Å². The Morgan fingerprint density at radius 2 is 1.96 bits per heavy atom. The Hall–Kier alpha value is -2.70. The van der Waals surface area contributed by atoms with E-state index in [0.717, 1.165) is 5.56 Å². The summed E-state index contributed by atoms with van der Waals surface area (Å²) in [6, 6.07) is 8.05. The molecule has 2 heterocycles. The molecule has 2 aliphatic carbocycles. The zero-order valence-corrected chi connectivity index (χ0v) is 14.4. The Morgan fingerprint density at radius 1 is 1.22 bits per heavy atom. The summed E-state index contributed by atoms with van der Waals surface area (Å²) < 4.78 is 40.6. The summed E-state index contributed by atoms with van der Waals surface area (Å²) in [7, 11) is 0. The molecular weight excluding hydrogens is 355 g/mol. The Kier molecular flexibility index (Phi) is 3.16. The molecule has 138 valence electrons. The number of aromatic nitrogens is 2. The molecule has 7 heteroatoms. The smallest absolute Gasteiger partial charge is 0.282 e. The van der Waals surface area contributed by atoms with E-state index >= 15 is 0 Å². The van der Waals surface area contributed by atoms with Crippen molar-refractivity contribution in [3.05, 3.63) is 59.6 Å². The van der Waals surface area contributed by atoms with E-state index < -0.39 is 30.2 Å². The number of rotatable bonds is 2. The van der Waals surface area contributed by atoms with Gasteiger partial charge in [-0.2, -0.15) is 10.2 Å². The minimum Gasteiger partial charge on any atom is -0.329 e. The number of alkyl halides is 2. The lowest BCUT2D eigenvalue weighted by Crippen LogP contribution is -2.62. The van der Waals surface area contributed by atoms with Gasteiger partial charge in [0.15, 0.2) is 0 Å². The molecule has 2 aromatic rings. The maximum atomic E-state index is 14.1. The second-order valence-electron chi connectivity index (χ2n) is 7.55. The molecule has 1 amide bonds. The van der Waals surface area contributed by atoms with Crippen molar-refractivity contribution >= 4 is 5.91 Å². The van der Waals surface area contributed by atoms with E-state index in [1.54, 1.807) is 24.3 Å². The van der Waals surface area contributed by atoms with Gasteiger partial charge in [-0.1, -0.05) is 18.7 Å². The van der Waals surface area contributed by atoms with Crippen LogP contribution in [0.1, 0.15) is 30.0 Å². The van der Waals surface area contributed by atoms with Crippen LogP contribution in [0.3, 0.4) is 0 Å². The molecule has 2 atom stereocenters. The number of carbonyl (C=O) groups excluding carboxylic acids is 1. The quantitative estimate of drug-likeness (QED) is 0.760. The van der Waals surface area contributed by atoms with Crippen molar-refractivity contribution in [2.24, 2.45) is 0 Å². The first-order valence-corrected chi connectivity index (χ1v) is 8.83. The number of hydrogen-bond acceptors (Lipinski definition) is 3. The van der Waals surface area contributed by atoms with Crippen molar-refractivity contribution < 1.29 is 18.0 Å². The first kappa shape index (κ1) is 16.5. The van der Waals surface area contributed by atoms with Gasteiger partial charge in [-0.05, 0) is 42.2 Å². The van der Waals surface area contributed by atoms with Gasteiger partial charge in [-0.3, -0.25) is 4.79 Å². The van der Waals surface area contributed by atoms with Crippen molar-refractivity contribution in [1.29, 1.82) is 0 Å². The van der Waals surface area contributed by atoms with Gasteiger partial charge in [0.2, 0.25) is 5.91 Å². The molecule has 1 aromatic heterocycles. The summed E-state index contributed by atoms with van der Waals surface area (Å²) in [6.07, 6.45) is 1.20. The summed E-state index contributed by atoms with van der Waals surface area (Å²) in [4.78, 5) is 14.3. The van der Waals surface area contributed by atoms with Crippen LogP contribution in [0.2, 0.25) is 0 Å². The number of hydrogen-bond donors (Lipinski definition) is 0. The second kappa shape index (κ2) is 5.18. The summed E-state index contributed by atoms with van der Waals surface area (Å²) in [6.45, 7) is 2.97. The summed E-state index contributed by atoms with van der Waals surface area (Å²) in [5, 5.41) is 8.41. The third-order valence-corrected chi connectivity index (χ3v) is 6.03. The van der Waals surface area contributed by atoms with Crippen LogP contribution in [-0.4, -0.2) is 40.0 Å². The highest BCUT2D eigenvalue weighted by atomic mass is 19.3. The summed E-state index contributed by atoms with van der Waals surface area (Å²) >= 11 is 0. The molecule has 0 radical (unpaired) electrons. The SMILES string of the molecule is C=C1[C@@H]2CC[C@@]1(C(=O)N1CC(F)(F)C1)c1nnc(-c3ccccc3F)cc12. The summed E-state index contributed by atoms with van der Waals surface area (Å²) in [5.41, 5.74) is 1.65. The lowest BCUT2D eigenvalue weighted by Gasteiger charge is -2.43. The van der Waals surface area contributed by atoms with Gasteiger partial charge < -0.3 is 4.90 Å². The Balaban J connectivity index is 1.58.